The predicted molar refractivity (Wildman–Crippen MR) is 80.0 cm³/mol. The zero-order valence-electron chi connectivity index (χ0n) is 11.5. The fraction of sp³-hybridized carbons (Fsp3) is 0.235. The molecule has 0 aromatic carbocycles. The molecule has 2 aliphatic rings. The fourth-order valence-corrected chi connectivity index (χ4v) is 3.02. The van der Waals surface area contributed by atoms with Gasteiger partial charge < -0.3 is 0 Å². The largest absolute Gasteiger partial charge is 0.241 e. The van der Waals surface area contributed by atoms with Gasteiger partial charge in [-0.05, 0) is 42.2 Å². The normalized spacial score (nSPS) is 17.0. The van der Waals surface area contributed by atoms with Gasteiger partial charge in [0.25, 0.3) is 0 Å². The van der Waals surface area contributed by atoms with E-state index in [1.807, 2.05) is 29.2 Å². The van der Waals surface area contributed by atoms with Crippen molar-refractivity contribution >= 4 is 11.1 Å². The number of hydrogen-bond donors (Lipinski definition) is 0. The Morgan fingerprint density at radius 3 is 3.05 bits per heavy atom. The van der Waals surface area contributed by atoms with Crippen molar-refractivity contribution in [2.75, 3.05) is 0 Å². The summed E-state index contributed by atoms with van der Waals surface area (Å²) in [4.78, 5) is 9.33. The van der Waals surface area contributed by atoms with E-state index in [0.717, 1.165) is 17.8 Å². The summed E-state index contributed by atoms with van der Waals surface area (Å²) in [5.74, 6) is 1.65. The molecule has 0 unspecified atom stereocenters. The first-order chi connectivity index (χ1) is 10.4. The monoisotopic (exact) mass is 274 g/mol. The third-order valence-corrected chi connectivity index (χ3v) is 4.33. The first-order valence-electron chi connectivity index (χ1n) is 7.38. The maximum atomic E-state index is 4.76. The van der Waals surface area contributed by atoms with Crippen LogP contribution < -0.4 is 0 Å². The molecule has 3 aromatic rings. The molecule has 0 atom stereocenters. The summed E-state index contributed by atoms with van der Waals surface area (Å²) >= 11 is 0. The summed E-state index contributed by atoms with van der Waals surface area (Å²) in [6, 6.07) is 6.30. The van der Waals surface area contributed by atoms with Gasteiger partial charge in [-0.25, -0.2) is 14.5 Å². The Morgan fingerprint density at radius 2 is 2.14 bits per heavy atom. The highest BCUT2D eigenvalue weighted by Crippen LogP contribution is 2.39. The molecule has 0 aliphatic heterocycles. The lowest BCUT2D eigenvalue weighted by Crippen LogP contribution is -1.99. The van der Waals surface area contributed by atoms with E-state index in [9.17, 15) is 0 Å². The molecule has 0 bridgehead atoms. The lowest BCUT2D eigenvalue weighted by atomic mass is 10.0. The minimum absolute atomic E-state index is 0.613. The van der Waals surface area contributed by atoms with Crippen LogP contribution in [0.3, 0.4) is 0 Å². The van der Waals surface area contributed by atoms with Crippen LogP contribution in [0.2, 0.25) is 0 Å². The van der Waals surface area contributed by atoms with E-state index in [-0.39, 0.29) is 0 Å². The molecule has 21 heavy (non-hydrogen) atoms. The summed E-state index contributed by atoms with van der Waals surface area (Å²) in [5, 5.41) is 4.24. The van der Waals surface area contributed by atoms with Crippen molar-refractivity contribution in [3.05, 3.63) is 65.5 Å². The smallest absolute Gasteiger partial charge is 0.131 e. The summed E-state index contributed by atoms with van der Waals surface area (Å²) in [5.41, 5.74) is 5.93. The van der Waals surface area contributed by atoms with Gasteiger partial charge >= 0.3 is 0 Å². The molecule has 0 radical (unpaired) electrons. The number of aromatic nitrogens is 4. The van der Waals surface area contributed by atoms with E-state index in [1.165, 1.54) is 35.2 Å². The third-order valence-electron chi connectivity index (χ3n) is 4.33. The second-order valence-corrected chi connectivity index (χ2v) is 5.80. The number of allylic oxidation sites excluding steroid dienone is 1. The minimum atomic E-state index is 0.613. The van der Waals surface area contributed by atoms with Crippen LogP contribution >= 0.6 is 0 Å². The van der Waals surface area contributed by atoms with Gasteiger partial charge in [-0.3, -0.25) is 0 Å². The van der Waals surface area contributed by atoms with Crippen molar-refractivity contribution < 1.29 is 0 Å². The number of rotatable bonds is 2. The Balaban J connectivity index is 1.59. The van der Waals surface area contributed by atoms with E-state index < -0.39 is 0 Å². The first kappa shape index (κ1) is 11.2. The van der Waals surface area contributed by atoms with E-state index >= 15 is 0 Å². The van der Waals surface area contributed by atoms with Crippen LogP contribution in [-0.4, -0.2) is 19.6 Å². The molecule has 3 aromatic heterocycles. The van der Waals surface area contributed by atoms with Gasteiger partial charge in [0.2, 0.25) is 0 Å². The number of pyridine rings is 1. The van der Waals surface area contributed by atoms with Gasteiger partial charge in [-0.1, -0.05) is 6.08 Å². The minimum Gasteiger partial charge on any atom is -0.241 e. The summed E-state index contributed by atoms with van der Waals surface area (Å²) < 4.78 is 1.88. The lowest BCUT2D eigenvalue weighted by molar-refractivity contribution is 0.894. The fourth-order valence-electron chi connectivity index (χ4n) is 3.02. The van der Waals surface area contributed by atoms with Crippen LogP contribution in [0.4, 0.5) is 0 Å². The van der Waals surface area contributed by atoms with Gasteiger partial charge in [-0.15, -0.1) is 0 Å². The van der Waals surface area contributed by atoms with Crippen LogP contribution in [0.15, 0.2) is 42.9 Å². The highest BCUT2D eigenvalue weighted by molar-refractivity contribution is 5.84. The van der Waals surface area contributed by atoms with E-state index in [4.69, 9.17) is 4.98 Å². The van der Waals surface area contributed by atoms with Crippen molar-refractivity contribution in [2.24, 2.45) is 0 Å². The Labute approximate surface area is 122 Å². The van der Waals surface area contributed by atoms with Crippen LogP contribution in [-0.2, 0) is 6.42 Å². The van der Waals surface area contributed by atoms with Crippen molar-refractivity contribution in [1.29, 1.82) is 0 Å². The average Bonchev–Trinajstić information content (AvgIpc) is 3.11. The molecule has 102 valence electrons. The molecule has 2 aliphatic carbocycles. The molecule has 5 rings (SSSR count). The summed E-state index contributed by atoms with van der Waals surface area (Å²) in [6.07, 6.45) is 11.5. The Bertz CT molecular complexity index is 887. The Morgan fingerprint density at radius 1 is 1.19 bits per heavy atom. The van der Waals surface area contributed by atoms with Crippen molar-refractivity contribution in [3.8, 4) is 0 Å². The number of hydrogen-bond acceptors (Lipinski definition) is 3. The van der Waals surface area contributed by atoms with Crippen LogP contribution in [0.25, 0.3) is 11.1 Å². The molecule has 4 heteroatoms. The molecule has 0 saturated heterocycles. The van der Waals surface area contributed by atoms with Gasteiger partial charge in [0.1, 0.15) is 5.82 Å². The van der Waals surface area contributed by atoms with E-state index in [2.05, 4.69) is 28.3 Å². The van der Waals surface area contributed by atoms with Crippen molar-refractivity contribution in [3.63, 3.8) is 0 Å². The summed E-state index contributed by atoms with van der Waals surface area (Å²) in [7, 11) is 0. The topological polar surface area (TPSA) is 43.1 Å². The van der Waals surface area contributed by atoms with Crippen LogP contribution in [0, 0.1) is 0 Å². The molecule has 1 saturated carbocycles. The van der Waals surface area contributed by atoms with Crippen LogP contribution in [0.1, 0.15) is 41.4 Å². The maximum Gasteiger partial charge on any atom is 0.131 e. The Hall–Kier alpha value is -2.49. The van der Waals surface area contributed by atoms with Gasteiger partial charge in [0, 0.05) is 36.5 Å². The molecule has 3 heterocycles. The standard InChI is InChI=1S/C17H14N4/c1-2-11(1)17-18-10-15-14(3-4-16(15)20-17)12-6-8-21-13(9-12)5-7-19-21/h3,5-11H,1-2,4H2. The van der Waals surface area contributed by atoms with E-state index in [1.54, 1.807) is 0 Å². The quantitative estimate of drug-likeness (QED) is 0.721. The number of nitrogens with zero attached hydrogens (tertiary/aromatic N) is 4. The van der Waals surface area contributed by atoms with Crippen LogP contribution in [0.5, 0.6) is 0 Å². The third kappa shape index (κ3) is 1.72. The number of fused-ring (bicyclic) bond motifs is 2. The Kier molecular flexibility index (Phi) is 2.14. The van der Waals surface area contributed by atoms with Gasteiger partial charge in [0.05, 0.1) is 11.2 Å². The molecule has 0 spiro atoms. The van der Waals surface area contributed by atoms with Crippen molar-refractivity contribution in [1.82, 2.24) is 19.6 Å². The molecule has 0 N–H and O–H groups in total. The highest BCUT2D eigenvalue weighted by atomic mass is 15.2. The molecule has 0 amide bonds. The van der Waals surface area contributed by atoms with Crippen molar-refractivity contribution in [2.45, 2.75) is 25.2 Å². The second-order valence-electron chi connectivity index (χ2n) is 5.80. The molecular formula is C17H14N4. The zero-order chi connectivity index (χ0) is 13.8. The van der Waals surface area contributed by atoms with Gasteiger partial charge in [-0.2, -0.15) is 5.10 Å². The average molecular weight is 274 g/mol. The zero-order valence-corrected chi connectivity index (χ0v) is 11.5. The van der Waals surface area contributed by atoms with E-state index in [0.29, 0.717) is 5.92 Å². The molecule has 1 fully saturated rings. The lowest BCUT2D eigenvalue weighted by Gasteiger charge is -2.07. The van der Waals surface area contributed by atoms with Gasteiger partial charge in [0.15, 0.2) is 0 Å². The molecular weight excluding hydrogens is 260 g/mol. The highest BCUT2D eigenvalue weighted by Gasteiger charge is 2.28. The maximum absolute atomic E-state index is 4.76. The first-order valence-corrected chi connectivity index (χ1v) is 7.38. The molecule has 4 nitrogen and oxygen atoms in total. The summed E-state index contributed by atoms with van der Waals surface area (Å²) in [6.45, 7) is 0. The second kappa shape index (κ2) is 4.01. The predicted octanol–water partition coefficient (Wildman–Crippen LogP) is 2.99. The SMILES string of the molecule is C1=C(c2ccn3nccc3c2)c2cnc(C3CC3)nc2C1.